The van der Waals surface area contributed by atoms with Crippen molar-refractivity contribution < 1.29 is 13.9 Å². The maximum Gasteiger partial charge on any atom is 0.271 e. The molecule has 4 rings (SSSR count). The van der Waals surface area contributed by atoms with E-state index in [1.807, 2.05) is 24.3 Å². The monoisotopic (exact) mass is 441 g/mol. The van der Waals surface area contributed by atoms with Crippen LogP contribution in [0.3, 0.4) is 0 Å². The van der Waals surface area contributed by atoms with Gasteiger partial charge in [-0.3, -0.25) is 9.59 Å². The van der Waals surface area contributed by atoms with E-state index in [1.54, 1.807) is 0 Å². The van der Waals surface area contributed by atoms with Crippen LogP contribution in [-0.4, -0.2) is 35.4 Å². The van der Waals surface area contributed by atoms with Gasteiger partial charge in [-0.2, -0.15) is 9.78 Å². The fourth-order valence-electron chi connectivity index (χ4n) is 3.79. The molecule has 0 spiro atoms. The molecule has 1 aromatic heterocycles. The van der Waals surface area contributed by atoms with Gasteiger partial charge in [0.15, 0.2) is 0 Å². The molecule has 2 heterocycles. The maximum atomic E-state index is 13.2. The zero-order valence-electron chi connectivity index (χ0n) is 16.7. The second-order valence-corrected chi connectivity index (χ2v) is 7.97. The molecule has 0 unspecified atom stereocenters. The summed E-state index contributed by atoms with van der Waals surface area (Å²) in [4.78, 5) is 25.1. The van der Waals surface area contributed by atoms with Gasteiger partial charge in [-0.15, -0.1) is 0 Å². The van der Waals surface area contributed by atoms with Crippen molar-refractivity contribution in [1.82, 2.24) is 15.1 Å². The van der Waals surface area contributed by atoms with Crippen LogP contribution in [0.4, 0.5) is 4.39 Å². The van der Waals surface area contributed by atoms with Crippen molar-refractivity contribution in [1.29, 1.82) is 0 Å². The largest absolute Gasteiger partial charge is 0.381 e. The first kappa shape index (κ1) is 21.2. The van der Waals surface area contributed by atoms with Gasteiger partial charge in [-0.05, 0) is 60.9 Å². The van der Waals surface area contributed by atoms with Gasteiger partial charge in [0.2, 0.25) is 0 Å². The quantitative estimate of drug-likeness (QED) is 0.657. The van der Waals surface area contributed by atoms with E-state index in [-0.39, 0.29) is 11.1 Å². The lowest BCUT2D eigenvalue weighted by Crippen LogP contribution is -2.45. The van der Waals surface area contributed by atoms with Crippen molar-refractivity contribution in [3.63, 3.8) is 0 Å². The number of ether oxygens (including phenoxy) is 1. The fourth-order valence-corrected chi connectivity index (χ4v) is 3.98. The number of carbonyl (C=O) groups excluding carboxylic acids is 1. The molecule has 1 saturated heterocycles. The van der Waals surface area contributed by atoms with Crippen molar-refractivity contribution in [3.8, 4) is 5.69 Å². The van der Waals surface area contributed by atoms with E-state index < -0.39 is 17.3 Å². The van der Waals surface area contributed by atoms with Gasteiger partial charge >= 0.3 is 0 Å². The number of hydrogen-bond acceptors (Lipinski definition) is 4. The van der Waals surface area contributed by atoms with Gasteiger partial charge in [-0.25, -0.2) is 4.39 Å². The van der Waals surface area contributed by atoms with Gasteiger partial charge in [0.25, 0.3) is 11.5 Å². The number of hydrogen-bond donors (Lipinski definition) is 1. The normalized spacial score (nSPS) is 15.4. The number of halogens is 2. The second-order valence-electron chi connectivity index (χ2n) is 7.53. The van der Waals surface area contributed by atoms with Crippen LogP contribution in [0.25, 0.3) is 5.69 Å². The van der Waals surface area contributed by atoms with Crippen molar-refractivity contribution in [2.24, 2.45) is 0 Å². The molecule has 0 aliphatic carbocycles. The molecule has 0 atom stereocenters. The number of benzene rings is 2. The lowest BCUT2D eigenvalue weighted by Gasteiger charge is -2.38. The lowest BCUT2D eigenvalue weighted by molar-refractivity contribution is 0.0486. The molecular weight excluding hydrogens is 421 g/mol. The molecular formula is C23H21ClFN3O3. The standard InChI is InChI=1S/C23H21ClFN3O3/c24-17-3-1-2-16(14-17)23(10-12-31-13-11-23)15-26-22(30)20-8-9-21(29)28(27-20)19-6-4-18(25)5-7-19/h1-9,14H,10-13,15H2,(H,26,30). The summed E-state index contributed by atoms with van der Waals surface area (Å²) in [6.07, 6.45) is 1.49. The average Bonchev–Trinajstić information content (AvgIpc) is 2.79. The van der Waals surface area contributed by atoms with Gasteiger partial charge in [0, 0.05) is 36.3 Å². The number of amides is 1. The summed E-state index contributed by atoms with van der Waals surface area (Å²) >= 11 is 6.20. The van der Waals surface area contributed by atoms with E-state index >= 15 is 0 Å². The summed E-state index contributed by atoms with van der Waals surface area (Å²) in [5.74, 6) is -0.822. The Labute approximate surface area is 183 Å². The van der Waals surface area contributed by atoms with Gasteiger partial charge in [0.1, 0.15) is 11.5 Å². The minimum atomic E-state index is -0.423. The molecule has 1 aliphatic rings. The number of rotatable bonds is 5. The number of aromatic nitrogens is 2. The average molecular weight is 442 g/mol. The molecule has 31 heavy (non-hydrogen) atoms. The highest BCUT2D eigenvalue weighted by molar-refractivity contribution is 6.30. The number of carbonyl (C=O) groups is 1. The molecule has 6 nitrogen and oxygen atoms in total. The molecule has 1 fully saturated rings. The van der Waals surface area contributed by atoms with E-state index in [9.17, 15) is 14.0 Å². The van der Waals surface area contributed by atoms with Gasteiger partial charge in [0.05, 0.1) is 5.69 Å². The maximum absolute atomic E-state index is 13.2. The number of nitrogens with one attached hydrogen (secondary N) is 1. The minimum absolute atomic E-state index is 0.0947. The van der Waals surface area contributed by atoms with Crippen molar-refractivity contribution in [2.45, 2.75) is 18.3 Å². The Hall–Kier alpha value is -3.03. The summed E-state index contributed by atoms with van der Waals surface area (Å²) in [6, 6.07) is 15.6. The molecule has 3 aromatic rings. The zero-order valence-corrected chi connectivity index (χ0v) is 17.4. The molecule has 0 radical (unpaired) electrons. The molecule has 1 amide bonds. The molecule has 8 heteroatoms. The summed E-state index contributed by atoms with van der Waals surface area (Å²) in [5, 5.41) is 7.77. The summed E-state index contributed by atoms with van der Waals surface area (Å²) in [6.45, 7) is 1.57. The van der Waals surface area contributed by atoms with E-state index in [4.69, 9.17) is 16.3 Å². The molecule has 1 N–H and O–H groups in total. The highest BCUT2D eigenvalue weighted by Crippen LogP contribution is 2.35. The first-order valence-corrected chi connectivity index (χ1v) is 10.3. The molecule has 2 aromatic carbocycles. The topological polar surface area (TPSA) is 73.2 Å². The number of nitrogens with zero attached hydrogens (tertiary/aromatic N) is 2. The summed E-state index contributed by atoms with van der Waals surface area (Å²) < 4.78 is 19.8. The third-order valence-corrected chi connectivity index (χ3v) is 5.81. The molecule has 1 aliphatic heterocycles. The highest BCUT2D eigenvalue weighted by Gasteiger charge is 2.35. The first-order valence-electron chi connectivity index (χ1n) is 9.95. The minimum Gasteiger partial charge on any atom is -0.381 e. The van der Waals surface area contributed by atoms with E-state index in [0.717, 1.165) is 23.1 Å². The Balaban J connectivity index is 1.57. The summed E-state index contributed by atoms with van der Waals surface area (Å²) in [7, 11) is 0. The van der Waals surface area contributed by atoms with Crippen LogP contribution in [0.2, 0.25) is 5.02 Å². The fraction of sp³-hybridized carbons (Fsp3) is 0.261. The third-order valence-electron chi connectivity index (χ3n) is 5.58. The van der Waals surface area contributed by atoms with Gasteiger partial charge < -0.3 is 10.1 Å². The van der Waals surface area contributed by atoms with Crippen molar-refractivity contribution in [3.05, 3.63) is 93.1 Å². The Morgan fingerprint density at radius 2 is 1.87 bits per heavy atom. The lowest BCUT2D eigenvalue weighted by atomic mass is 9.74. The SMILES string of the molecule is O=C(NCC1(c2cccc(Cl)c2)CCOCC1)c1ccc(=O)n(-c2ccc(F)cc2)n1. The Morgan fingerprint density at radius 3 is 2.58 bits per heavy atom. The zero-order chi connectivity index (χ0) is 21.8. The highest BCUT2D eigenvalue weighted by atomic mass is 35.5. The Bertz CT molecular complexity index is 1140. The predicted octanol–water partition coefficient (Wildman–Crippen LogP) is 3.50. The van der Waals surface area contributed by atoms with Crippen LogP contribution in [0.5, 0.6) is 0 Å². The summed E-state index contributed by atoms with van der Waals surface area (Å²) in [5.41, 5.74) is 0.804. The van der Waals surface area contributed by atoms with Crippen LogP contribution in [0, 0.1) is 5.82 Å². The van der Waals surface area contributed by atoms with E-state index in [2.05, 4.69) is 10.4 Å². The Kier molecular flexibility index (Phi) is 6.15. The molecule has 160 valence electrons. The van der Waals surface area contributed by atoms with E-state index in [0.29, 0.717) is 30.5 Å². The predicted molar refractivity (Wildman–Crippen MR) is 115 cm³/mol. The van der Waals surface area contributed by atoms with Crippen LogP contribution in [0.15, 0.2) is 65.5 Å². The van der Waals surface area contributed by atoms with Crippen LogP contribution in [0.1, 0.15) is 28.9 Å². The van der Waals surface area contributed by atoms with Crippen molar-refractivity contribution >= 4 is 17.5 Å². The Morgan fingerprint density at radius 1 is 1.13 bits per heavy atom. The van der Waals surface area contributed by atoms with Crippen LogP contribution >= 0.6 is 11.6 Å². The third kappa shape index (κ3) is 4.68. The van der Waals surface area contributed by atoms with Crippen LogP contribution < -0.4 is 10.9 Å². The van der Waals surface area contributed by atoms with Crippen molar-refractivity contribution in [2.75, 3.05) is 19.8 Å². The van der Waals surface area contributed by atoms with Gasteiger partial charge in [-0.1, -0.05) is 23.7 Å². The molecule has 0 bridgehead atoms. The first-order chi connectivity index (χ1) is 15.0. The molecule has 0 saturated carbocycles. The van der Waals surface area contributed by atoms with Crippen LogP contribution in [-0.2, 0) is 10.2 Å². The smallest absolute Gasteiger partial charge is 0.271 e. The second kappa shape index (κ2) is 8.99. The van der Waals surface area contributed by atoms with E-state index in [1.165, 1.54) is 36.4 Å².